The van der Waals surface area contributed by atoms with Crippen LogP contribution < -0.4 is 5.32 Å². The number of hydrogen-bond donors (Lipinski definition) is 3. The molecule has 2 rings (SSSR count). The monoisotopic (exact) mass is 302 g/mol. The minimum absolute atomic E-state index is 0.0578. The van der Waals surface area contributed by atoms with Crippen molar-refractivity contribution in [3.05, 3.63) is 29.0 Å². The summed E-state index contributed by atoms with van der Waals surface area (Å²) in [4.78, 5) is 13.4. The predicted octanol–water partition coefficient (Wildman–Crippen LogP) is 1.83. The number of amides is 2. The summed E-state index contributed by atoms with van der Waals surface area (Å²) in [5.74, 6) is -0.602. The molecule has 0 aromatic heterocycles. The second-order valence-corrected chi connectivity index (χ2v) is 5.36. The number of likely N-dealkylation sites (tertiary alicyclic amines) is 1. The van der Waals surface area contributed by atoms with Gasteiger partial charge in [-0.05, 0) is 31.0 Å². The fourth-order valence-corrected chi connectivity index (χ4v) is 2.23. The molecule has 20 heavy (non-hydrogen) atoms. The quantitative estimate of drug-likeness (QED) is 0.780. The van der Waals surface area contributed by atoms with E-state index in [1.807, 2.05) is 0 Å². The number of carbonyl (C=O) groups is 1. The van der Waals surface area contributed by atoms with Crippen LogP contribution >= 0.6 is 11.6 Å². The number of urea groups is 1. The van der Waals surface area contributed by atoms with Gasteiger partial charge in [0.1, 0.15) is 5.82 Å². The molecule has 1 aliphatic rings. The zero-order chi connectivity index (χ0) is 14.8. The number of anilines is 1. The van der Waals surface area contributed by atoms with Gasteiger partial charge in [0.25, 0.3) is 0 Å². The van der Waals surface area contributed by atoms with Crippen LogP contribution in [0.3, 0.4) is 0 Å². The van der Waals surface area contributed by atoms with E-state index in [9.17, 15) is 14.3 Å². The van der Waals surface area contributed by atoms with E-state index in [-0.39, 0.29) is 17.3 Å². The molecule has 1 heterocycles. The molecule has 3 N–H and O–H groups in total. The molecule has 0 spiro atoms. The van der Waals surface area contributed by atoms with Crippen LogP contribution in [0, 0.1) is 5.82 Å². The van der Waals surface area contributed by atoms with Crippen molar-refractivity contribution in [2.24, 2.45) is 0 Å². The smallest absolute Gasteiger partial charge is 0.321 e. The first-order valence-corrected chi connectivity index (χ1v) is 6.65. The average molecular weight is 303 g/mol. The Morgan fingerprint density at radius 1 is 1.45 bits per heavy atom. The summed E-state index contributed by atoms with van der Waals surface area (Å²) in [6, 6.07) is 3.56. The Labute approximate surface area is 121 Å². The van der Waals surface area contributed by atoms with E-state index >= 15 is 0 Å². The number of halogens is 2. The summed E-state index contributed by atoms with van der Waals surface area (Å²) in [7, 11) is 0. The fraction of sp³-hybridized carbons (Fsp3) is 0.462. The Hall–Kier alpha value is -1.37. The first-order valence-electron chi connectivity index (χ1n) is 6.28. The molecule has 110 valence electrons. The zero-order valence-corrected chi connectivity index (χ0v) is 11.5. The SMILES string of the molecule is O=C(Nc1ccc(Cl)cc1F)N1CCC(O)(CO)CC1. The Kier molecular flexibility index (Phi) is 4.47. The van der Waals surface area contributed by atoms with Gasteiger partial charge in [0, 0.05) is 18.1 Å². The van der Waals surface area contributed by atoms with Crippen LogP contribution in [0.5, 0.6) is 0 Å². The van der Waals surface area contributed by atoms with E-state index in [1.54, 1.807) is 0 Å². The molecule has 0 aliphatic carbocycles. The lowest BCUT2D eigenvalue weighted by molar-refractivity contribution is -0.0519. The summed E-state index contributed by atoms with van der Waals surface area (Å²) in [6.07, 6.45) is 0.583. The molecule has 2 amide bonds. The second kappa shape index (κ2) is 5.95. The summed E-state index contributed by atoms with van der Waals surface area (Å²) in [5, 5.41) is 21.6. The molecular formula is C13H16ClFN2O3. The number of benzene rings is 1. The molecular weight excluding hydrogens is 287 g/mol. The predicted molar refractivity (Wildman–Crippen MR) is 73.3 cm³/mol. The van der Waals surface area contributed by atoms with Crippen molar-refractivity contribution < 1.29 is 19.4 Å². The van der Waals surface area contributed by atoms with Crippen molar-refractivity contribution in [2.75, 3.05) is 25.0 Å². The normalized spacial score (nSPS) is 17.9. The topological polar surface area (TPSA) is 72.8 Å². The largest absolute Gasteiger partial charge is 0.393 e. The molecule has 7 heteroatoms. The van der Waals surface area contributed by atoms with Crippen molar-refractivity contribution in [3.8, 4) is 0 Å². The third kappa shape index (κ3) is 3.39. The number of carbonyl (C=O) groups excluding carboxylic acids is 1. The van der Waals surface area contributed by atoms with E-state index in [2.05, 4.69) is 5.32 Å². The highest BCUT2D eigenvalue weighted by atomic mass is 35.5. The minimum Gasteiger partial charge on any atom is -0.393 e. The van der Waals surface area contributed by atoms with Gasteiger partial charge in [-0.2, -0.15) is 0 Å². The second-order valence-electron chi connectivity index (χ2n) is 4.92. The van der Waals surface area contributed by atoms with Crippen LogP contribution in [0.15, 0.2) is 18.2 Å². The molecule has 0 atom stereocenters. The zero-order valence-electron chi connectivity index (χ0n) is 10.8. The van der Waals surface area contributed by atoms with Crippen LogP contribution in [0.1, 0.15) is 12.8 Å². The van der Waals surface area contributed by atoms with Crippen LogP contribution in [0.2, 0.25) is 5.02 Å². The number of nitrogens with one attached hydrogen (secondary N) is 1. The number of aliphatic hydroxyl groups excluding tert-OH is 1. The van der Waals surface area contributed by atoms with Gasteiger partial charge in [0.05, 0.1) is 17.9 Å². The van der Waals surface area contributed by atoms with Crippen molar-refractivity contribution in [1.82, 2.24) is 4.90 Å². The number of aliphatic hydroxyl groups is 2. The van der Waals surface area contributed by atoms with Gasteiger partial charge in [0.15, 0.2) is 0 Å². The lowest BCUT2D eigenvalue weighted by atomic mass is 9.93. The van der Waals surface area contributed by atoms with Crippen molar-refractivity contribution in [1.29, 1.82) is 0 Å². The van der Waals surface area contributed by atoms with E-state index < -0.39 is 17.4 Å². The molecule has 0 bridgehead atoms. The van der Waals surface area contributed by atoms with Gasteiger partial charge in [-0.1, -0.05) is 11.6 Å². The van der Waals surface area contributed by atoms with Crippen molar-refractivity contribution >= 4 is 23.3 Å². The van der Waals surface area contributed by atoms with E-state index in [4.69, 9.17) is 16.7 Å². The van der Waals surface area contributed by atoms with E-state index in [0.29, 0.717) is 25.9 Å². The molecule has 1 fully saturated rings. The molecule has 1 aromatic carbocycles. The van der Waals surface area contributed by atoms with Crippen molar-refractivity contribution in [3.63, 3.8) is 0 Å². The van der Waals surface area contributed by atoms with Crippen LogP contribution in [-0.2, 0) is 0 Å². The number of piperidine rings is 1. The molecule has 1 saturated heterocycles. The van der Waals surface area contributed by atoms with Gasteiger partial charge in [-0.3, -0.25) is 0 Å². The Morgan fingerprint density at radius 2 is 2.10 bits per heavy atom. The molecule has 5 nitrogen and oxygen atoms in total. The fourth-order valence-electron chi connectivity index (χ4n) is 2.07. The highest BCUT2D eigenvalue weighted by Gasteiger charge is 2.33. The highest BCUT2D eigenvalue weighted by molar-refractivity contribution is 6.30. The van der Waals surface area contributed by atoms with Gasteiger partial charge in [0.2, 0.25) is 0 Å². The molecule has 0 radical (unpaired) electrons. The average Bonchev–Trinajstić information content (AvgIpc) is 2.42. The van der Waals surface area contributed by atoms with Crippen LogP contribution in [0.4, 0.5) is 14.9 Å². The van der Waals surface area contributed by atoms with E-state index in [0.717, 1.165) is 6.07 Å². The summed E-state index contributed by atoms with van der Waals surface area (Å²) >= 11 is 5.63. The number of rotatable bonds is 2. The number of hydrogen-bond acceptors (Lipinski definition) is 3. The third-order valence-corrected chi connectivity index (χ3v) is 3.68. The van der Waals surface area contributed by atoms with Gasteiger partial charge in [-0.25, -0.2) is 9.18 Å². The Morgan fingerprint density at radius 3 is 2.65 bits per heavy atom. The third-order valence-electron chi connectivity index (χ3n) is 3.45. The first kappa shape index (κ1) is 15.0. The Bertz CT molecular complexity index is 504. The minimum atomic E-state index is -1.12. The maximum absolute atomic E-state index is 13.6. The molecule has 0 saturated carbocycles. The Balaban J connectivity index is 1.96. The molecule has 1 aliphatic heterocycles. The van der Waals surface area contributed by atoms with Gasteiger partial charge < -0.3 is 20.4 Å². The van der Waals surface area contributed by atoms with Crippen molar-refractivity contribution in [2.45, 2.75) is 18.4 Å². The summed E-state index contributed by atoms with van der Waals surface area (Å²) in [5.41, 5.74) is -1.06. The number of nitrogens with zero attached hydrogens (tertiary/aromatic N) is 1. The standard InChI is InChI=1S/C13H16ClFN2O3/c14-9-1-2-11(10(15)7-9)16-12(19)17-5-3-13(20,8-18)4-6-17/h1-2,7,18,20H,3-6,8H2,(H,16,19). The lowest BCUT2D eigenvalue weighted by Gasteiger charge is -2.36. The van der Waals surface area contributed by atoms with Gasteiger partial charge in [-0.15, -0.1) is 0 Å². The van der Waals surface area contributed by atoms with Gasteiger partial charge >= 0.3 is 6.03 Å². The molecule has 1 aromatic rings. The van der Waals surface area contributed by atoms with Crippen LogP contribution in [-0.4, -0.2) is 46.4 Å². The molecule has 0 unspecified atom stereocenters. The summed E-state index contributed by atoms with van der Waals surface area (Å²) < 4.78 is 13.6. The lowest BCUT2D eigenvalue weighted by Crippen LogP contribution is -2.49. The maximum Gasteiger partial charge on any atom is 0.321 e. The first-order chi connectivity index (χ1) is 9.43. The highest BCUT2D eigenvalue weighted by Crippen LogP contribution is 2.23. The summed E-state index contributed by atoms with van der Waals surface area (Å²) in [6.45, 7) is 0.282. The van der Waals surface area contributed by atoms with Crippen LogP contribution in [0.25, 0.3) is 0 Å². The van der Waals surface area contributed by atoms with E-state index in [1.165, 1.54) is 17.0 Å². The maximum atomic E-state index is 13.6.